The van der Waals surface area contributed by atoms with Crippen LogP contribution in [0.5, 0.6) is 0 Å². The Morgan fingerprint density at radius 2 is 0.417 bits per heavy atom. The highest BCUT2D eigenvalue weighted by Gasteiger charge is 2.27. The van der Waals surface area contributed by atoms with Gasteiger partial charge < -0.3 is 0 Å². The van der Waals surface area contributed by atoms with Crippen molar-refractivity contribution in [2.45, 2.75) is 0 Å². The number of rotatable bonds is 7. The van der Waals surface area contributed by atoms with Gasteiger partial charge in [-0.05, 0) is 167 Å². The van der Waals surface area contributed by atoms with Crippen molar-refractivity contribution < 1.29 is 0 Å². The molecular weight excluding hydrogens is 1470 g/mol. The molecule has 0 bridgehead atoms. The zero-order valence-corrected chi connectivity index (χ0v) is 64.0. The van der Waals surface area contributed by atoms with Crippen LogP contribution in [-0.2, 0) is 0 Å². The molecular formula is C108H62N8O4. The number of pyridine rings is 4. The number of nitrogens with zero attached hydrogens (tertiary/aromatic N) is 8. The fourth-order valence-electron chi connectivity index (χ4n) is 19.0. The first kappa shape index (κ1) is 68.0. The van der Waals surface area contributed by atoms with Gasteiger partial charge >= 0.3 is 0 Å². The van der Waals surface area contributed by atoms with E-state index in [1.165, 1.54) is 0 Å². The molecule has 0 spiro atoms. The highest BCUT2D eigenvalue weighted by Crippen LogP contribution is 2.45. The van der Waals surface area contributed by atoms with E-state index in [0.29, 0.717) is 22.1 Å². The maximum atomic E-state index is 15.0. The summed E-state index contributed by atoms with van der Waals surface area (Å²) in [5.74, 6) is 0. The van der Waals surface area contributed by atoms with Gasteiger partial charge in [0.1, 0.15) is 22.6 Å². The van der Waals surface area contributed by atoms with Crippen molar-refractivity contribution in [3.05, 3.63) is 418 Å². The van der Waals surface area contributed by atoms with Crippen LogP contribution in [0.1, 0.15) is 0 Å². The molecule has 0 unspecified atom stereocenters. The van der Waals surface area contributed by atoms with E-state index in [1.54, 1.807) is 17.6 Å². The zero-order chi connectivity index (χ0) is 79.5. The lowest BCUT2D eigenvalue weighted by Gasteiger charge is -2.15. The van der Waals surface area contributed by atoms with Gasteiger partial charge in [0, 0.05) is 75.8 Å². The Morgan fingerprint density at radius 3 is 0.775 bits per heavy atom. The third-order valence-corrected chi connectivity index (χ3v) is 24.3. The molecule has 18 aromatic carbocycles. The molecule has 0 fully saturated rings. The number of aromatic nitrogens is 8. The van der Waals surface area contributed by atoms with Gasteiger partial charge in [0.25, 0.3) is 22.2 Å². The molecule has 0 aliphatic carbocycles. The predicted molar refractivity (Wildman–Crippen MR) is 492 cm³/mol. The van der Waals surface area contributed by atoms with Crippen LogP contribution < -0.4 is 22.2 Å². The Balaban J connectivity index is 0.000000123. The van der Waals surface area contributed by atoms with Gasteiger partial charge in [-0.2, -0.15) is 0 Å². The minimum atomic E-state index is -0.112. The van der Waals surface area contributed by atoms with E-state index in [1.807, 2.05) is 194 Å². The van der Waals surface area contributed by atoms with Crippen molar-refractivity contribution >= 4 is 153 Å². The molecule has 12 nitrogen and oxygen atoms in total. The van der Waals surface area contributed by atoms with Gasteiger partial charge in [-0.15, -0.1) is 0 Å². The Bertz CT molecular complexity index is 8520. The fourth-order valence-corrected chi connectivity index (χ4v) is 19.0. The maximum absolute atomic E-state index is 15.0. The van der Waals surface area contributed by atoms with Crippen LogP contribution in [0.4, 0.5) is 0 Å². The standard InChI is InChI=1S/C60H34N4O2.2C24H14N2O/c65-59-47-29-27-41(43-23-13-25-45(53(43)47)57-61-55-49(37-19-9-3-10-20-37)31-39(33-51(55)63(57)59)35-15-5-1-6-16-35)42-28-30-48-54-44(42)24-14-26-46(54)58-62-56-50(38-21-11-4-12-22-38)32-40(36-17-7-2-8-18-36)34-52(56)64(58)60(48)66;27-24-19-10-6-9-17-16(15-7-2-1-3-8-15)13-14-18(22(17)19)23-25-20-11-4-5-12-21(20)26(23)24;27-24-19-14-13-16(15-7-2-1-3-8-15)17-9-6-10-18(22(17)19)23-25-20-11-4-5-12-21(20)26(23)24/h1-34H;2*1-14H. The molecule has 0 atom stereocenters. The van der Waals surface area contributed by atoms with Crippen LogP contribution in [0.2, 0.25) is 0 Å². The van der Waals surface area contributed by atoms with E-state index in [2.05, 4.69) is 182 Å². The number of hydrogen-bond donors (Lipinski definition) is 0. The minimum absolute atomic E-state index is 0.0120. The molecule has 0 aliphatic rings. The molecule has 0 saturated heterocycles. The Labute approximate surface area is 681 Å². The third-order valence-electron chi connectivity index (χ3n) is 24.3. The Kier molecular flexibility index (Phi) is 15.1. The summed E-state index contributed by atoms with van der Waals surface area (Å²) >= 11 is 0. The highest BCUT2D eigenvalue weighted by molar-refractivity contribution is 6.26. The molecule has 0 N–H and O–H groups in total. The van der Waals surface area contributed by atoms with E-state index < -0.39 is 0 Å². The van der Waals surface area contributed by atoms with E-state index in [-0.39, 0.29) is 22.2 Å². The molecule has 120 heavy (non-hydrogen) atoms. The summed E-state index contributed by atoms with van der Waals surface area (Å²) < 4.78 is 7.09. The molecule has 12 heteroatoms. The van der Waals surface area contributed by atoms with Crippen molar-refractivity contribution in [1.82, 2.24) is 37.5 Å². The molecule has 0 amide bonds. The second-order valence-corrected chi connectivity index (χ2v) is 30.8. The number of fused-ring (bicyclic) bond motifs is 16. The van der Waals surface area contributed by atoms with Crippen molar-refractivity contribution in [2.24, 2.45) is 0 Å². The summed E-state index contributed by atoms with van der Waals surface area (Å²) in [5.41, 5.74) is 23.6. The van der Waals surface area contributed by atoms with E-state index in [9.17, 15) is 19.2 Å². The molecule has 0 aliphatic heterocycles. The molecule has 8 heterocycles. The van der Waals surface area contributed by atoms with Crippen LogP contribution in [0.25, 0.3) is 231 Å². The average Bonchev–Trinajstić information content (AvgIpc) is 1.32. The van der Waals surface area contributed by atoms with Crippen LogP contribution in [-0.4, -0.2) is 37.5 Å². The van der Waals surface area contributed by atoms with Crippen molar-refractivity contribution in [3.63, 3.8) is 0 Å². The third kappa shape index (κ3) is 10.2. The number of hydrogen-bond acceptors (Lipinski definition) is 8. The van der Waals surface area contributed by atoms with Crippen molar-refractivity contribution in [2.75, 3.05) is 0 Å². The molecule has 26 rings (SSSR count). The smallest absolute Gasteiger partial charge is 0.264 e. The quantitative estimate of drug-likeness (QED) is 0.154. The first-order chi connectivity index (χ1) is 59.2. The van der Waals surface area contributed by atoms with Crippen LogP contribution in [0, 0.1) is 0 Å². The van der Waals surface area contributed by atoms with Gasteiger partial charge in [0.15, 0.2) is 0 Å². The van der Waals surface area contributed by atoms with Crippen LogP contribution in [0.15, 0.2) is 395 Å². The molecule has 558 valence electrons. The molecule has 0 saturated carbocycles. The Hall–Kier alpha value is -16.4. The van der Waals surface area contributed by atoms with E-state index >= 15 is 0 Å². The minimum Gasteiger partial charge on any atom is -0.268 e. The second-order valence-electron chi connectivity index (χ2n) is 30.8. The number of imidazole rings is 4. The van der Waals surface area contributed by atoms with Crippen molar-refractivity contribution in [3.8, 4) is 77.9 Å². The molecule has 0 radical (unpaired) electrons. The normalized spacial score (nSPS) is 12.0. The topological polar surface area (TPSA) is 137 Å². The van der Waals surface area contributed by atoms with Gasteiger partial charge in [0.05, 0.1) is 44.1 Å². The average molecular weight is 1540 g/mol. The summed E-state index contributed by atoms with van der Waals surface area (Å²) in [5, 5.41) is 14.3. The lowest BCUT2D eigenvalue weighted by Crippen LogP contribution is -2.14. The summed E-state index contributed by atoms with van der Waals surface area (Å²) in [7, 11) is 0. The second kappa shape index (κ2) is 26.6. The molecule has 26 aromatic rings. The molecule has 8 aromatic heterocycles. The van der Waals surface area contributed by atoms with Crippen molar-refractivity contribution in [1.29, 1.82) is 0 Å². The van der Waals surface area contributed by atoms with E-state index in [0.717, 1.165) is 209 Å². The highest BCUT2D eigenvalue weighted by atomic mass is 16.1. The monoisotopic (exact) mass is 1530 g/mol. The van der Waals surface area contributed by atoms with Gasteiger partial charge in [-0.25, -0.2) is 19.9 Å². The first-order valence-corrected chi connectivity index (χ1v) is 40.1. The first-order valence-electron chi connectivity index (χ1n) is 40.1. The van der Waals surface area contributed by atoms with Gasteiger partial charge in [-0.3, -0.25) is 36.8 Å². The summed E-state index contributed by atoms with van der Waals surface area (Å²) in [6.45, 7) is 0. The number of para-hydroxylation sites is 4. The lowest BCUT2D eigenvalue weighted by atomic mass is 9.90. The van der Waals surface area contributed by atoms with E-state index in [4.69, 9.17) is 19.9 Å². The maximum Gasteiger partial charge on any atom is 0.264 e. The fraction of sp³-hybridized carbons (Fsp3) is 0. The SMILES string of the molecule is O=c1c2ccc(-c3ccc4c(=O)n5c6cc(-c7ccccc7)cc(-c7ccccc7)c6nc5c5cccc3c45)c3cccc(c32)c2nc3c(-c4ccccc4)cc(-c4ccccc4)cc3n12.O=c1c2ccc(-c3ccccc3)c3cccc(c32)c2nc3ccccc3n12.O=c1c2cccc3c(-c4ccccc4)ccc(c32)c2nc3ccccc3n12. The predicted octanol–water partition coefficient (Wildman–Crippen LogP) is 24.4. The largest absolute Gasteiger partial charge is 0.268 e. The summed E-state index contributed by atoms with van der Waals surface area (Å²) in [6, 6.07) is 127. The summed E-state index contributed by atoms with van der Waals surface area (Å²) in [6.07, 6.45) is 0. The van der Waals surface area contributed by atoms with Crippen LogP contribution in [0.3, 0.4) is 0 Å². The lowest BCUT2D eigenvalue weighted by molar-refractivity contribution is 1.19. The van der Waals surface area contributed by atoms with Gasteiger partial charge in [-0.1, -0.05) is 297 Å². The zero-order valence-electron chi connectivity index (χ0n) is 64.0. The number of benzene rings is 18. The van der Waals surface area contributed by atoms with Crippen LogP contribution >= 0.6 is 0 Å². The summed E-state index contributed by atoms with van der Waals surface area (Å²) in [4.78, 5) is 76.8. The van der Waals surface area contributed by atoms with Gasteiger partial charge in [0.2, 0.25) is 0 Å². The Morgan fingerprint density at radius 1 is 0.167 bits per heavy atom.